The molecule has 2 N–H and O–H groups in total. The van der Waals surface area contributed by atoms with Gasteiger partial charge in [0.25, 0.3) is 0 Å². The number of nitrogens with two attached hydrogens (primary N) is 1. The number of halogens is 1. The van der Waals surface area contributed by atoms with E-state index >= 15 is 0 Å². The highest BCUT2D eigenvalue weighted by molar-refractivity contribution is 6.31. The van der Waals surface area contributed by atoms with Crippen molar-refractivity contribution >= 4 is 23.1 Å². The van der Waals surface area contributed by atoms with Gasteiger partial charge in [0.2, 0.25) is 0 Å². The number of pyridine rings is 1. The second kappa shape index (κ2) is 9.67. The molecule has 0 aliphatic rings. The molecule has 0 aliphatic heterocycles. The van der Waals surface area contributed by atoms with Gasteiger partial charge < -0.3 is 10.5 Å². The van der Waals surface area contributed by atoms with Crippen LogP contribution in [0.1, 0.15) is 19.5 Å². The molecular weight excluding hydrogens is 418 g/mol. The van der Waals surface area contributed by atoms with Gasteiger partial charge in [-0.05, 0) is 73.0 Å². The zero-order valence-corrected chi connectivity index (χ0v) is 18.8. The van der Waals surface area contributed by atoms with Crippen LogP contribution in [-0.2, 0) is 0 Å². The van der Waals surface area contributed by atoms with Crippen molar-refractivity contribution in [3.8, 4) is 28.0 Å². The summed E-state index contributed by atoms with van der Waals surface area (Å²) in [6.07, 6.45) is 1.69. The molecule has 1 aromatic heterocycles. The second-order valence-corrected chi connectivity index (χ2v) is 8.09. The number of aliphatic imine (C=N–C) groups is 1. The van der Waals surface area contributed by atoms with Crippen LogP contribution in [0, 0.1) is 0 Å². The predicted octanol–water partition coefficient (Wildman–Crippen LogP) is 6.89. The summed E-state index contributed by atoms with van der Waals surface area (Å²) >= 11 is 6.49. The van der Waals surface area contributed by atoms with Crippen LogP contribution in [-0.4, -0.2) is 16.9 Å². The quantitative estimate of drug-likeness (QED) is 0.261. The van der Waals surface area contributed by atoms with Gasteiger partial charge in [0, 0.05) is 22.8 Å². The summed E-state index contributed by atoms with van der Waals surface area (Å²) < 4.78 is 6.14. The maximum absolute atomic E-state index is 6.49. The Morgan fingerprint density at radius 1 is 0.875 bits per heavy atom. The molecule has 160 valence electrons. The van der Waals surface area contributed by atoms with Crippen molar-refractivity contribution in [1.82, 2.24) is 4.98 Å². The molecule has 4 aromatic rings. The molecule has 0 fully saturated rings. The standard InChI is InChI=1S/C27H24ClN3O/c1-18(2)32-26-17-23(31-27(29)25-10-6-7-13-30-25)11-12-24(26)21-14-20(15-22(28)16-21)19-8-4-3-5-9-19/h3-18H,1-2H3,(H2,29,31). The zero-order chi connectivity index (χ0) is 22.5. The molecule has 0 bridgehead atoms. The summed E-state index contributed by atoms with van der Waals surface area (Å²) in [5, 5.41) is 0.665. The van der Waals surface area contributed by atoms with Gasteiger partial charge in [0.1, 0.15) is 17.3 Å². The average molecular weight is 442 g/mol. The first-order valence-electron chi connectivity index (χ1n) is 10.4. The van der Waals surface area contributed by atoms with Crippen molar-refractivity contribution < 1.29 is 4.74 Å². The van der Waals surface area contributed by atoms with Crippen LogP contribution in [0.15, 0.2) is 96.1 Å². The molecule has 3 aromatic carbocycles. The van der Waals surface area contributed by atoms with Crippen molar-refractivity contribution in [3.63, 3.8) is 0 Å². The largest absolute Gasteiger partial charge is 0.490 e. The normalized spacial score (nSPS) is 11.6. The minimum atomic E-state index is -0.00565. The Bertz CT molecular complexity index is 1240. The Morgan fingerprint density at radius 2 is 1.62 bits per heavy atom. The van der Waals surface area contributed by atoms with E-state index in [1.165, 1.54) is 0 Å². The van der Waals surface area contributed by atoms with Gasteiger partial charge in [-0.15, -0.1) is 0 Å². The molecule has 32 heavy (non-hydrogen) atoms. The Morgan fingerprint density at radius 3 is 2.34 bits per heavy atom. The van der Waals surface area contributed by atoms with Crippen molar-refractivity contribution in [3.05, 3.63) is 102 Å². The van der Waals surface area contributed by atoms with E-state index in [0.717, 1.165) is 28.0 Å². The predicted molar refractivity (Wildman–Crippen MR) is 133 cm³/mol. The summed E-state index contributed by atoms with van der Waals surface area (Å²) in [6, 6.07) is 27.6. The Balaban J connectivity index is 1.77. The average Bonchev–Trinajstić information content (AvgIpc) is 2.79. The summed E-state index contributed by atoms with van der Waals surface area (Å²) in [5.74, 6) is 1.07. The number of aromatic nitrogens is 1. The minimum Gasteiger partial charge on any atom is -0.490 e. The maximum Gasteiger partial charge on any atom is 0.150 e. The lowest BCUT2D eigenvalue weighted by atomic mass is 9.98. The third kappa shape index (κ3) is 5.16. The van der Waals surface area contributed by atoms with Crippen LogP contribution < -0.4 is 10.5 Å². The molecule has 0 radical (unpaired) electrons. The molecule has 0 aliphatic carbocycles. The van der Waals surface area contributed by atoms with Gasteiger partial charge >= 0.3 is 0 Å². The second-order valence-electron chi connectivity index (χ2n) is 7.65. The highest BCUT2D eigenvalue weighted by Crippen LogP contribution is 2.37. The molecule has 0 amide bonds. The SMILES string of the molecule is CC(C)Oc1cc(N=C(N)c2ccccn2)ccc1-c1cc(Cl)cc(-c2ccccc2)c1. The molecule has 0 unspecified atom stereocenters. The van der Waals surface area contributed by atoms with Crippen LogP contribution >= 0.6 is 11.6 Å². The van der Waals surface area contributed by atoms with Crippen LogP contribution in [0.3, 0.4) is 0 Å². The monoisotopic (exact) mass is 441 g/mol. The number of rotatable bonds is 6. The van der Waals surface area contributed by atoms with Crippen molar-refractivity contribution in [2.75, 3.05) is 0 Å². The summed E-state index contributed by atoms with van der Waals surface area (Å²) in [6.45, 7) is 3.99. The summed E-state index contributed by atoms with van der Waals surface area (Å²) in [4.78, 5) is 8.80. The molecule has 1 heterocycles. The number of nitrogens with zero attached hydrogens (tertiary/aromatic N) is 2. The molecule has 4 rings (SSSR count). The fraction of sp³-hybridized carbons (Fsp3) is 0.111. The fourth-order valence-corrected chi connectivity index (χ4v) is 3.66. The van der Waals surface area contributed by atoms with Crippen molar-refractivity contribution in [2.45, 2.75) is 20.0 Å². The fourth-order valence-electron chi connectivity index (χ4n) is 3.42. The van der Waals surface area contributed by atoms with Crippen molar-refractivity contribution in [2.24, 2.45) is 10.7 Å². The first-order valence-corrected chi connectivity index (χ1v) is 10.8. The molecule has 0 atom stereocenters. The minimum absolute atomic E-state index is 0.00565. The lowest BCUT2D eigenvalue weighted by molar-refractivity contribution is 0.243. The first kappa shape index (κ1) is 21.6. The molecular formula is C27H24ClN3O. The number of ether oxygens (including phenoxy) is 1. The van der Waals surface area contributed by atoms with E-state index in [0.29, 0.717) is 22.2 Å². The summed E-state index contributed by atoms with van der Waals surface area (Å²) in [5.41, 5.74) is 11.5. The summed E-state index contributed by atoms with van der Waals surface area (Å²) in [7, 11) is 0. The zero-order valence-electron chi connectivity index (χ0n) is 18.0. The Hall–Kier alpha value is -3.63. The van der Waals surface area contributed by atoms with Gasteiger partial charge in [-0.2, -0.15) is 0 Å². The number of benzene rings is 3. The van der Waals surface area contributed by atoms with E-state index in [4.69, 9.17) is 22.1 Å². The van der Waals surface area contributed by atoms with Gasteiger partial charge in [0.15, 0.2) is 0 Å². The molecule has 5 heteroatoms. The van der Waals surface area contributed by atoms with Gasteiger partial charge in [-0.25, -0.2) is 4.99 Å². The highest BCUT2D eigenvalue weighted by atomic mass is 35.5. The van der Waals surface area contributed by atoms with Crippen molar-refractivity contribution in [1.29, 1.82) is 0 Å². The maximum atomic E-state index is 6.49. The van der Waals surface area contributed by atoms with E-state index < -0.39 is 0 Å². The van der Waals surface area contributed by atoms with Crippen LogP contribution in [0.5, 0.6) is 5.75 Å². The van der Waals surface area contributed by atoms with E-state index in [9.17, 15) is 0 Å². The number of hydrogen-bond donors (Lipinski definition) is 1. The molecule has 4 nitrogen and oxygen atoms in total. The van der Waals surface area contributed by atoms with E-state index in [1.54, 1.807) is 6.20 Å². The third-order valence-corrected chi connectivity index (χ3v) is 5.04. The molecule has 0 saturated heterocycles. The van der Waals surface area contributed by atoms with Crippen LogP contribution in [0.25, 0.3) is 22.3 Å². The van der Waals surface area contributed by atoms with E-state index in [1.807, 2.05) is 80.6 Å². The number of amidine groups is 1. The lowest BCUT2D eigenvalue weighted by Crippen LogP contribution is -2.14. The van der Waals surface area contributed by atoms with E-state index in [-0.39, 0.29) is 6.10 Å². The van der Waals surface area contributed by atoms with Crippen LogP contribution in [0.2, 0.25) is 5.02 Å². The highest BCUT2D eigenvalue weighted by Gasteiger charge is 2.12. The topological polar surface area (TPSA) is 60.5 Å². The van der Waals surface area contributed by atoms with Gasteiger partial charge in [0.05, 0.1) is 11.8 Å². The molecule has 0 spiro atoms. The molecule has 0 saturated carbocycles. The Kier molecular flexibility index (Phi) is 6.52. The number of hydrogen-bond acceptors (Lipinski definition) is 3. The lowest BCUT2D eigenvalue weighted by Gasteiger charge is -2.16. The van der Waals surface area contributed by atoms with E-state index in [2.05, 4.69) is 28.2 Å². The smallest absolute Gasteiger partial charge is 0.150 e. The van der Waals surface area contributed by atoms with Gasteiger partial charge in [-0.3, -0.25) is 4.98 Å². The third-order valence-electron chi connectivity index (χ3n) is 4.82. The first-order chi connectivity index (χ1) is 15.5. The van der Waals surface area contributed by atoms with Gasteiger partial charge in [-0.1, -0.05) is 48.0 Å². The Labute approximate surface area is 193 Å². The van der Waals surface area contributed by atoms with Crippen LogP contribution in [0.4, 0.5) is 5.69 Å².